The molecule has 672 valence electrons. The molecule has 0 saturated carbocycles. The number of pyridine rings is 8. The molecule has 8 heterocycles. The first-order valence-electron chi connectivity index (χ1n) is 45.3. The van der Waals surface area contributed by atoms with Gasteiger partial charge in [-0.3, -0.25) is 0 Å². The Bertz CT molecular complexity index is 6560. The van der Waals surface area contributed by atoms with Crippen molar-refractivity contribution in [2.45, 2.75) is 46.8 Å². The summed E-state index contributed by atoms with van der Waals surface area (Å²) in [6, 6.07) is 146. The molecule has 134 heavy (non-hydrogen) atoms. The van der Waals surface area contributed by atoms with E-state index in [4.69, 9.17) is 9.60 Å². The number of nitrogens with zero attached hydrogens (tertiary/aromatic N) is 8. The molecule has 0 N–H and O–H groups in total. The first-order valence-corrected chi connectivity index (χ1v) is 41.8. The molecule has 0 amide bonds. The van der Waals surface area contributed by atoms with Crippen LogP contribution in [-0.4, -0.2) is 39.9 Å². The average Bonchev–Trinajstić information content (AvgIpc) is 0.761. The molecule has 8 aromatic heterocycles. The van der Waals surface area contributed by atoms with Crippen LogP contribution in [-0.2, 0) is 86.8 Å². The van der Waals surface area contributed by atoms with Gasteiger partial charge < -0.3 is 39.9 Å². The Kier molecular flexibility index (Phi) is 39.2. The summed E-state index contributed by atoms with van der Waals surface area (Å²) in [7, 11) is 0. The summed E-state index contributed by atoms with van der Waals surface area (Å²) in [5.41, 5.74) is 24.9. The van der Waals surface area contributed by atoms with Crippen LogP contribution in [0.3, 0.4) is 0 Å². The Morgan fingerprint density at radius 2 is 0.552 bits per heavy atom. The van der Waals surface area contributed by atoms with Crippen LogP contribution >= 0.6 is 0 Å². The maximum atomic E-state index is 13.3. The Morgan fingerprint density at radius 1 is 0.276 bits per heavy atom. The van der Waals surface area contributed by atoms with Crippen LogP contribution in [0.4, 0.5) is 13.2 Å². The van der Waals surface area contributed by atoms with E-state index in [-0.39, 0.29) is 97.9 Å². The van der Waals surface area contributed by atoms with Gasteiger partial charge in [-0.1, -0.05) is 166 Å². The molecule has 1 atom stereocenters. The van der Waals surface area contributed by atoms with Crippen LogP contribution in [0.15, 0.2) is 444 Å². The van der Waals surface area contributed by atoms with Gasteiger partial charge in [-0.2, -0.15) is 0 Å². The monoisotopic (exact) mass is 2470 g/mol. The molecule has 0 bridgehead atoms. The molecule has 12 aromatic carbocycles. The minimum atomic E-state index is -2.54. The fourth-order valence-electron chi connectivity index (χ4n) is 13.1. The second kappa shape index (κ2) is 56.2. The fraction of sp³-hybridized carbons (Fsp3) is 0.0588. The van der Waals surface area contributed by atoms with E-state index in [1.54, 1.807) is 91.6 Å². The molecule has 15 heteroatoms. The van der Waals surface area contributed by atoms with Crippen molar-refractivity contribution in [3.8, 4) is 135 Å². The van der Waals surface area contributed by atoms with Gasteiger partial charge in [0.15, 0.2) is 0 Å². The maximum absolute atomic E-state index is 13.3. The molecule has 0 aliphatic rings. The molecule has 20 aromatic rings. The van der Waals surface area contributed by atoms with Crippen LogP contribution < -0.4 is 0 Å². The zero-order valence-electron chi connectivity index (χ0n) is 79.9. The van der Waals surface area contributed by atoms with Crippen molar-refractivity contribution >= 4 is 0 Å². The molecule has 0 aliphatic carbocycles. The van der Waals surface area contributed by atoms with Crippen molar-refractivity contribution < 1.29 is 103 Å². The van der Waals surface area contributed by atoms with Gasteiger partial charge in [-0.25, -0.2) is 13.2 Å². The van der Waals surface area contributed by atoms with Crippen LogP contribution in [0.5, 0.6) is 0 Å². The summed E-state index contributed by atoms with van der Waals surface area (Å²) >= 11 is 0. The van der Waals surface area contributed by atoms with Gasteiger partial charge in [-0.15, -0.1) is 287 Å². The number of halogens is 3. The topological polar surface area (TPSA) is 103 Å². The van der Waals surface area contributed by atoms with Gasteiger partial charge in [0.05, 0.1) is 0 Å². The maximum Gasteiger partial charge on any atom is 0.123 e. The predicted octanol–water partition coefficient (Wildman–Crippen LogP) is 29.8. The van der Waals surface area contributed by atoms with Crippen molar-refractivity contribution in [1.82, 2.24) is 39.9 Å². The summed E-state index contributed by atoms with van der Waals surface area (Å²) in [6.45, 7) is 0.902. The minimum absolute atomic E-state index is 0. The van der Waals surface area contributed by atoms with Crippen molar-refractivity contribution in [3.05, 3.63) is 532 Å². The molecular formula is C119H91F3Ir4N8-8. The van der Waals surface area contributed by atoms with Gasteiger partial charge in [0.1, 0.15) is 17.5 Å². The zero-order valence-corrected chi connectivity index (χ0v) is 82.5. The summed E-state index contributed by atoms with van der Waals surface area (Å²) in [5.74, 6) is -2.69. The van der Waals surface area contributed by atoms with Gasteiger partial charge in [0, 0.05) is 156 Å². The minimum Gasteiger partial charge on any atom is -0.305 e. The largest absolute Gasteiger partial charge is 0.305 e. The van der Waals surface area contributed by atoms with E-state index in [2.05, 4.69) is 101 Å². The summed E-state index contributed by atoms with van der Waals surface area (Å²) in [6.07, 6.45) is 15.1. The predicted molar refractivity (Wildman–Crippen MR) is 523 cm³/mol. The fourth-order valence-corrected chi connectivity index (χ4v) is 13.1. The third kappa shape index (κ3) is 32.0. The van der Waals surface area contributed by atoms with E-state index in [1.807, 2.05) is 311 Å². The summed E-state index contributed by atoms with van der Waals surface area (Å²) in [5, 5.41) is 0. The molecule has 0 aliphatic heterocycles. The SMILES string of the molecule is CCc1cc(-c2[c-]cccc2)ncc1-c1ccc(F)cc1.Cc1cc(-c2[c-]cccc2)ncc1-c1ccc(F)cc1.[2H]C([2H])([2H])C([2H])(C)c1cc(-c2[c-]cccc2)ncc1-c1ccc(F)cc1.[2H]C([2H])([2H])c1ccc(-c2ccc(-c3[c-]cccc3)nc2)cc1.[Ir].[Ir].[Ir].[Ir].[c-]1ccccc1-c1ccccn1.[c-]1ccccc1-c1ccccn1.[c-]1ccccc1-c1ccccn1.[c-]1ccccc1-c1ccccn1. The van der Waals surface area contributed by atoms with E-state index in [9.17, 15) is 13.2 Å². The number of benzene rings is 12. The van der Waals surface area contributed by atoms with E-state index in [0.29, 0.717) is 33.5 Å². The molecule has 20 rings (SSSR count). The van der Waals surface area contributed by atoms with E-state index in [1.165, 1.54) is 55.1 Å². The van der Waals surface area contributed by atoms with Crippen molar-refractivity contribution in [2.75, 3.05) is 0 Å². The Balaban J connectivity index is 0.000000182. The van der Waals surface area contributed by atoms with Crippen LogP contribution in [0.25, 0.3) is 135 Å². The molecule has 0 saturated heterocycles. The number of hydrogen-bond acceptors (Lipinski definition) is 8. The second-order valence-electron chi connectivity index (χ2n) is 28.8. The van der Waals surface area contributed by atoms with Gasteiger partial charge in [-0.05, 0) is 177 Å². The number of aromatic nitrogens is 8. The molecule has 1 unspecified atom stereocenters. The molecule has 0 fully saturated rings. The molecule has 4 radical (unpaired) electrons. The van der Waals surface area contributed by atoms with Crippen LogP contribution in [0.1, 0.15) is 58.4 Å². The quantitative estimate of drug-likeness (QED) is 0.0992. The molecule has 0 spiro atoms. The third-order valence-corrected chi connectivity index (χ3v) is 19.8. The standard InChI is InChI=1S/C20H17FN.C19H15FN.C18H13FN.C18H14N.4C11H8N.4Ir/c1-14(2)18-12-20(16-6-4-3-5-7-16)22-13-19(18)15-8-10-17(21)11-9-15;1-2-14-12-19(16-6-4-3-5-7-16)21-13-18(14)15-8-10-17(20)11-9-15;1-13-11-18(15-5-3-2-4-6-15)20-12-17(13)14-7-9-16(19)10-8-14;1-14-7-9-15(10-8-14)17-11-12-18(19-13-17)16-5-3-2-4-6-16;4*1-2-6-10(7-3-1)11-8-4-5-9-12-11;;;;/h3-6,8-14H,1-2H3;3-6,8-13H,2H2,1H3;2-5,7-12H,1H3;2-5,7-13H,1H3;4*1-6,8-9H;;;;/q8*-1;;;;/i1D3,14D;;;1D3;;;;;;;;. The third-order valence-electron chi connectivity index (χ3n) is 19.8. The van der Waals surface area contributed by atoms with Crippen molar-refractivity contribution in [1.29, 1.82) is 0 Å². The van der Waals surface area contributed by atoms with Gasteiger partial charge in [0.25, 0.3) is 0 Å². The van der Waals surface area contributed by atoms with Crippen LogP contribution in [0.2, 0.25) is 0 Å². The van der Waals surface area contributed by atoms with Crippen molar-refractivity contribution in [2.24, 2.45) is 0 Å². The van der Waals surface area contributed by atoms with E-state index < -0.39 is 19.6 Å². The summed E-state index contributed by atoms with van der Waals surface area (Å²) < 4.78 is 93.4. The number of aryl methyl sites for hydroxylation is 3. The average molecular weight is 2470 g/mol. The molecule has 8 nitrogen and oxygen atoms in total. The Morgan fingerprint density at radius 3 is 0.843 bits per heavy atom. The van der Waals surface area contributed by atoms with E-state index in [0.717, 1.165) is 124 Å². The first-order chi connectivity index (χ1) is 66.6. The number of hydrogen-bond donors (Lipinski definition) is 0. The normalized spacial score (nSPS) is 11.3. The Labute approximate surface area is 849 Å². The summed E-state index contributed by atoms with van der Waals surface area (Å²) in [4.78, 5) is 34.8. The second-order valence-corrected chi connectivity index (χ2v) is 28.8. The van der Waals surface area contributed by atoms with Crippen LogP contribution in [0, 0.1) is 79.8 Å². The smallest absolute Gasteiger partial charge is 0.123 e. The van der Waals surface area contributed by atoms with Gasteiger partial charge >= 0.3 is 0 Å². The number of rotatable bonds is 14. The van der Waals surface area contributed by atoms with Gasteiger partial charge in [0.2, 0.25) is 0 Å². The zero-order chi connectivity index (χ0) is 96.0. The van der Waals surface area contributed by atoms with E-state index >= 15 is 0 Å². The molecular weight excluding hydrogens is 2370 g/mol. The first kappa shape index (κ1) is 93.5. The Hall–Kier alpha value is -13.8. The van der Waals surface area contributed by atoms with Crippen molar-refractivity contribution in [3.63, 3.8) is 0 Å².